The number of benzene rings is 1. The molecule has 1 aromatic carbocycles. The van der Waals surface area contributed by atoms with Crippen molar-refractivity contribution in [3.63, 3.8) is 0 Å². The van der Waals surface area contributed by atoms with E-state index in [-0.39, 0.29) is 22.6 Å². The second-order valence-corrected chi connectivity index (χ2v) is 6.98. The van der Waals surface area contributed by atoms with Crippen molar-refractivity contribution in [2.45, 2.75) is 32.0 Å². The van der Waals surface area contributed by atoms with Crippen molar-refractivity contribution in [3.8, 4) is 5.75 Å². The topological polar surface area (TPSA) is 83.8 Å². The highest BCUT2D eigenvalue weighted by Gasteiger charge is 2.52. The summed E-state index contributed by atoms with van der Waals surface area (Å²) >= 11 is 11.8. The SMILES string of the molecule is CCC1C(C(=O)O)=CC(C)=CC1(Oc1c(Cl)ccc(C(F)(F)F)c1Cl)C(=O)O. The number of alkyl halides is 3. The van der Waals surface area contributed by atoms with E-state index in [1.165, 1.54) is 19.9 Å². The monoisotopic (exact) mass is 438 g/mol. The van der Waals surface area contributed by atoms with Gasteiger partial charge in [-0.05, 0) is 37.6 Å². The first kappa shape index (κ1) is 22.1. The molecule has 28 heavy (non-hydrogen) atoms. The third-order valence-corrected chi connectivity index (χ3v) is 5.01. The summed E-state index contributed by atoms with van der Waals surface area (Å²) in [5.74, 6) is -4.84. The summed E-state index contributed by atoms with van der Waals surface area (Å²) in [6.45, 7) is 2.98. The standard InChI is InChI=1S/C18H15Cl2F3O5/c1-3-10-9(15(24)25)6-8(2)7-17(10,16(26)27)28-14-12(19)5-4-11(13(14)20)18(21,22)23/h4-7,10H,3H2,1-2H3,(H,24,25)(H,26,27). The fraction of sp³-hybridized carbons (Fsp3) is 0.333. The average molecular weight is 439 g/mol. The van der Waals surface area contributed by atoms with E-state index in [1.54, 1.807) is 0 Å². The minimum atomic E-state index is -4.83. The molecule has 0 aromatic heterocycles. The molecule has 1 aliphatic carbocycles. The number of hydrogen-bond acceptors (Lipinski definition) is 3. The van der Waals surface area contributed by atoms with Gasteiger partial charge in [0, 0.05) is 11.5 Å². The van der Waals surface area contributed by atoms with Gasteiger partial charge in [0.05, 0.1) is 15.6 Å². The second kappa shape index (κ2) is 7.67. The van der Waals surface area contributed by atoms with Gasteiger partial charge in [-0.3, -0.25) is 0 Å². The average Bonchev–Trinajstić information content (AvgIpc) is 2.56. The highest BCUT2D eigenvalue weighted by Crippen LogP contribution is 2.47. The van der Waals surface area contributed by atoms with Crippen LogP contribution < -0.4 is 4.74 Å². The molecular weight excluding hydrogens is 424 g/mol. The van der Waals surface area contributed by atoms with Gasteiger partial charge in [-0.25, -0.2) is 9.59 Å². The molecule has 0 saturated heterocycles. The number of rotatable bonds is 5. The van der Waals surface area contributed by atoms with Crippen molar-refractivity contribution >= 4 is 35.1 Å². The lowest BCUT2D eigenvalue weighted by atomic mass is 9.74. The number of halogens is 5. The van der Waals surface area contributed by atoms with Crippen LogP contribution in [-0.2, 0) is 15.8 Å². The van der Waals surface area contributed by atoms with Crippen LogP contribution in [0.15, 0.2) is 35.4 Å². The third kappa shape index (κ3) is 3.84. The van der Waals surface area contributed by atoms with E-state index < -0.39 is 46.0 Å². The summed E-state index contributed by atoms with van der Waals surface area (Å²) in [5, 5.41) is 18.1. The molecule has 0 bridgehead atoms. The van der Waals surface area contributed by atoms with Crippen molar-refractivity contribution in [1.82, 2.24) is 0 Å². The number of hydrogen-bond donors (Lipinski definition) is 2. The van der Waals surface area contributed by atoms with E-state index in [1.807, 2.05) is 0 Å². The van der Waals surface area contributed by atoms with Gasteiger partial charge in [0.15, 0.2) is 5.75 Å². The lowest BCUT2D eigenvalue weighted by Crippen LogP contribution is -2.52. The predicted molar refractivity (Wildman–Crippen MR) is 95.7 cm³/mol. The van der Waals surface area contributed by atoms with Crippen LogP contribution in [0.4, 0.5) is 13.2 Å². The van der Waals surface area contributed by atoms with Crippen molar-refractivity contribution in [2.24, 2.45) is 5.92 Å². The Labute approximate surface area is 168 Å². The highest BCUT2D eigenvalue weighted by atomic mass is 35.5. The third-order valence-electron chi connectivity index (χ3n) is 4.33. The first-order chi connectivity index (χ1) is 12.8. The van der Waals surface area contributed by atoms with Crippen molar-refractivity contribution in [2.75, 3.05) is 0 Å². The number of allylic oxidation sites excluding steroid dienone is 2. The van der Waals surface area contributed by atoms with Crippen LogP contribution in [-0.4, -0.2) is 27.8 Å². The minimum Gasteiger partial charge on any atom is -0.478 e. The maximum atomic E-state index is 13.2. The maximum Gasteiger partial charge on any atom is 0.417 e. The fourth-order valence-electron chi connectivity index (χ4n) is 3.16. The Morgan fingerprint density at radius 3 is 2.32 bits per heavy atom. The molecule has 1 aliphatic rings. The van der Waals surface area contributed by atoms with Crippen LogP contribution in [0.2, 0.25) is 10.0 Å². The molecule has 5 nitrogen and oxygen atoms in total. The lowest BCUT2D eigenvalue weighted by molar-refractivity contribution is -0.155. The summed E-state index contributed by atoms with van der Waals surface area (Å²) in [5.41, 5.74) is -3.56. The number of carboxylic acids is 2. The Morgan fingerprint density at radius 2 is 1.86 bits per heavy atom. The molecule has 0 aliphatic heterocycles. The van der Waals surface area contributed by atoms with Gasteiger partial charge in [-0.1, -0.05) is 35.7 Å². The Kier molecular flexibility index (Phi) is 6.06. The molecule has 152 valence electrons. The molecule has 1 aromatic rings. The summed E-state index contributed by atoms with van der Waals surface area (Å²) in [4.78, 5) is 23.8. The second-order valence-electron chi connectivity index (χ2n) is 6.19. The highest BCUT2D eigenvalue weighted by molar-refractivity contribution is 6.37. The van der Waals surface area contributed by atoms with Gasteiger partial charge in [0.25, 0.3) is 0 Å². The normalized spacial score (nSPS) is 22.3. The molecule has 10 heteroatoms. The molecule has 0 radical (unpaired) electrons. The number of carboxylic acid groups (broad SMARTS) is 2. The molecule has 2 rings (SSSR count). The molecule has 2 atom stereocenters. The van der Waals surface area contributed by atoms with E-state index in [2.05, 4.69) is 0 Å². The fourth-order valence-corrected chi connectivity index (χ4v) is 3.72. The van der Waals surface area contributed by atoms with Crippen LogP contribution in [0.5, 0.6) is 5.75 Å². The molecule has 2 unspecified atom stereocenters. The van der Waals surface area contributed by atoms with Crippen LogP contribution in [0.1, 0.15) is 25.8 Å². The lowest BCUT2D eigenvalue weighted by Gasteiger charge is -2.38. The minimum absolute atomic E-state index is 0.0163. The smallest absolute Gasteiger partial charge is 0.417 e. The summed E-state index contributed by atoms with van der Waals surface area (Å²) < 4.78 is 45.0. The van der Waals surface area contributed by atoms with E-state index in [0.717, 1.165) is 12.1 Å². The van der Waals surface area contributed by atoms with Gasteiger partial charge in [-0.2, -0.15) is 13.2 Å². The molecule has 0 amide bonds. The zero-order valence-corrected chi connectivity index (χ0v) is 16.1. The van der Waals surface area contributed by atoms with Gasteiger partial charge in [-0.15, -0.1) is 0 Å². The van der Waals surface area contributed by atoms with Crippen molar-refractivity contribution < 1.29 is 37.7 Å². The number of ether oxygens (including phenoxy) is 1. The maximum absolute atomic E-state index is 13.2. The van der Waals surface area contributed by atoms with E-state index in [9.17, 15) is 33.0 Å². The summed E-state index contributed by atoms with van der Waals surface area (Å²) in [6, 6.07) is 1.53. The van der Waals surface area contributed by atoms with E-state index >= 15 is 0 Å². The molecule has 0 fully saturated rings. The molecular formula is C18H15Cl2F3O5. The van der Waals surface area contributed by atoms with E-state index in [0.29, 0.717) is 6.07 Å². The zero-order valence-electron chi connectivity index (χ0n) is 14.6. The van der Waals surface area contributed by atoms with Crippen LogP contribution >= 0.6 is 23.2 Å². The first-order valence-corrected chi connectivity index (χ1v) is 8.72. The first-order valence-electron chi connectivity index (χ1n) is 7.97. The summed E-state index contributed by atoms with van der Waals surface area (Å²) in [6.07, 6.45) is -2.38. The van der Waals surface area contributed by atoms with Crippen molar-refractivity contribution in [3.05, 3.63) is 51.0 Å². The van der Waals surface area contributed by atoms with Gasteiger partial charge in [0.2, 0.25) is 5.60 Å². The molecule has 2 N–H and O–H groups in total. The van der Waals surface area contributed by atoms with Gasteiger partial charge >= 0.3 is 18.1 Å². The summed E-state index contributed by atoms with van der Waals surface area (Å²) in [7, 11) is 0. The Morgan fingerprint density at radius 1 is 1.25 bits per heavy atom. The van der Waals surface area contributed by atoms with Crippen LogP contribution in [0, 0.1) is 5.92 Å². The predicted octanol–water partition coefficient (Wildman–Crippen LogP) is 5.21. The van der Waals surface area contributed by atoms with Crippen LogP contribution in [0.25, 0.3) is 0 Å². The number of aliphatic carboxylic acids is 2. The Hall–Kier alpha value is -2.19. The Balaban J connectivity index is 2.72. The van der Waals surface area contributed by atoms with Gasteiger partial charge < -0.3 is 14.9 Å². The zero-order chi connectivity index (χ0) is 21.4. The molecule has 0 heterocycles. The molecule has 0 spiro atoms. The van der Waals surface area contributed by atoms with Crippen LogP contribution in [0.3, 0.4) is 0 Å². The Bertz CT molecular complexity index is 892. The molecule has 0 saturated carbocycles. The quantitative estimate of drug-likeness (QED) is 0.658. The largest absolute Gasteiger partial charge is 0.478 e. The van der Waals surface area contributed by atoms with Gasteiger partial charge in [0.1, 0.15) is 0 Å². The van der Waals surface area contributed by atoms with E-state index in [4.69, 9.17) is 27.9 Å². The van der Waals surface area contributed by atoms with Crippen molar-refractivity contribution in [1.29, 1.82) is 0 Å². The number of carbonyl (C=O) groups is 2.